The molecule has 1 atom stereocenters. The molecule has 1 heterocycles. The number of amides is 1. The van der Waals surface area contributed by atoms with E-state index in [1.807, 2.05) is 0 Å². The Balaban J connectivity index is 1.87. The number of fused-ring (bicyclic) bond motifs is 1. The van der Waals surface area contributed by atoms with Gasteiger partial charge in [-0.05, 0) is 37.1 Å². The average Bonchev–Trinajstić information content (AvgIpc) is 2.84. The summed E-state index contributed by atoms with van der Waals surface area (Å²) in [5, 5.41) is 0. The molecular weight excluding hydrogens is 363 g/mol. The molecule has 1 amide bonds. The monoisotopic (exact) mass is 397 g/mol. The summed E-state index contributed by atoms with van der Waals surface area (Å²) in [5.41, 5.74) is -0.409. The largest absolute Gasteiger partial charge is 0.416 e. The molecule has 1 unspecified atom stereocenters. The van der Waals surface area contributed by atoms with E-state index in [4.69, 9.17) is 0 Å². The molecule has 0 spiro atoms. The second-order valence-electron chi connectivity index (χ2n) is 8.36. The van der Waals surface area contributed by atoms with Crippen molar-refractivity contribution in [2.45, 2.75) is 96.1 Å². The van der Waals surface area contributed by atoms with Gasteiger partial charge in [0.15, 0.2) is 0 Å². The lowest BCUT2D eigenvalue weighted by Crippen LogP contribution is -2.36. The number of likely N-dealkylation sites (N-methyl/N-ethyl adjacent to an activating group) is 1. The first-order chi connectivity index (χ1) is 13.2. The summed E-state index contributed by atoms with van der Waals surface area (Å²) >= 11 is 0. The zero-order valence-electron chi connectivity index (χ0n) is 17.5. The molecule has 0 radical (unpaired) electrons. The third-order valence-electron chi connectivity index (χ3n) is 6.09. The number of unbranched alkanes of at least 4 members (excludes halogenated alkanes) is 9. The fourth-order valence-corrected chi connectivity index (χ4v) is 4.25. The van der Waals surface area contributed by atoms with Crippen LogP contribution in [0.3, 0.4) is 0 Å². The van der Waals surface area contributed by atoms with Crippen LogP contribution in [0.1, 0.15) is 95.6 Å². The SMILES string of the molecule is CCCCCCCCCCCCC1(C)C(=O)N(C)c2ccc(C(F)(F)F)cc21. The first-order valence-corrected chi connectivity index (χ1v) is 10.7. The smallest absolute Gasteiger partial charge is 0.314 e. The summed E-state index contributed by atoms with van der Waals surface area (Å²) in [4.78, 5) is 14.3. The van der Waals surface area contributed by atoms with Gasteiger partial charge in [0.2, 0.25) is 5.91 Å². The minimum atomic E-state index is -4.39. The van der Waals surface area contributed by atoms with Gasteiger partial charge in [0.1, 0.15) is 0 Å². The summed E-state index contributed by atoms with van der Waals surface area (Å²) in [6, 6.07) is 3.67. The highest BCUT2D eigenvalue weighted by atomic mass is 19.4. The average molecular weight is 398 g/mol. The number of alkyl halides is 3. The lowest BCUT2D eigenvalue weighted by Gasteiger charge is -2.23. The van der Waals surface area contributed by atoms with Crippen molar-refractivity contribution in [3.8, 4) is 0 Å². The molecule has 0 aromatic heterocycles. The maximum atomic E-state index is 13.1. The fourth-order valence-electron chi connectivity index (χ4n) is 4.25. The third kappa shape index (κ3) is 5.30. The molecule has 0 N–H and O–H groups in total. The number of halogens is 3. The molecule has 1 aliphatic heterocycles. The van der Waals surface area contributed by atoms with Crippen LogP contribution in [0, 0.1) is 0 Å². The highest BCUT2D eigenvalue weighted by Crippen LogP contribution is 2.46. The number of nitrogens with zero attached hydrogens (tertiary/aromatic N) is 1. The van der Waals surface area contributed by atoms with Crippen LogP contribution in [0.25, 0.3) is 0 Å². The topological polar surface area (TPSA) is 20.3 Å². The molecule has 2 rings (SSSR count). The number of anilines is 1. The van der Waals surface area contributed by atoms with Crippen molar-refractivity contribution in [2.75, 3.05) is 11.9 Å². The van der Waals surface area contributed by atoms with E-state index >= 15 is 0 Å². The first-order valence-electron chi connectivity index (χ1n) is 10.7. The Kier molecular flexibility index (Phi) is 7.97. The van der Waals surface area contributed by atoms with E-state index in [0.29, 0.717) is 17.7 Å². The van der Waals surface area contributed by atoms with Crippen LogP contribution in [0.5, 0.6) is 0 Å². The van der Waals surface area contributed by atoms with Crippen molar-refractivity contribution in [1.29, 1.82) is 0 Å². The number of carbonyl (C=O) groups is 1. The number of carbonyl (C=O) groups excluding carboxylic acids is 1. The normalized spacial score (nSPS) is 19.4. The Bertz CT molecular complexity index is 656. The van der Waals surface area contributed by atoms with Crippen LogP contribution in [0.4, 0.5) is 18.9 Å². The van der Waals surface area contributed by atoms with Crippen molar-refractivity contribution in [1.82, 2.24) is 0 Å². The molecule has 0 fully saturated rings. The lowest BCUT2D eigenvalue weighted by atomic mass is 9.78. The molecule has 1 aromatic rings. The summed E-state index contributed by atoms with van der Waals surface area (Å²) in [6.45, 7) is 4.02. The Morgan fingerprint density at radius 3 is 2.00 bits per heavy atom. The lowest BCUT2D eigenvalue weighted by molar-refractivity contribution is -0.137. The van der Waals surface area contributed by atoms with E-state index in [1.165, 1.54) is 62.0 Å². The van der Waals surface area contributed by atoms with Crippen LogP contribution in [-0.4, -0.2) is 13.0 Å². The molecule has 5 heteroatoms. The highest BCUT2D eigenvalue weighted by molar-refractivity contribution is 6.07. The zero-order valence-corrected chi connectivity index (χ0v) is 17.5. The number of benzene rings is 1. The maximum absolute atomic E-state index is 13.1. The van der Waals surface area contributed by atoms with Gasteiger partial charge in [-0.2, -0.15) is 13.2 Å². The Morgan fingerprint density at radius 2 is 1.46 bits per heavy atom. The van der Waals surface area contributed by atoms with E-state index in [1.54, 1.807) is 14.0 Å². The molecule has 2 nitrogen and oxygen atoms in total. The molecule has 0 saturated carbocycles. The van der Waals surface area contributed by atoms with E-state index in [-0.39, 0.29) is 5.91 Å². The predicted molar refractivity (Wildman–Crippen MR) is 109 cm³/mol. The highest BCUT2D eigenvalue weighted by Gasteiger charge is 2.46. The zero-order chi connectivity index (χ0) is 20.8. The number of hydrogen-bond acceptors (Lipinski definition) is 1. The summed E-state index contributed by atoms with van der Waals surface area (Å²) < 4.78 is 39.4. The number of hydrogen-bond donors (Lipinski definition) is 0. The van der Waals surface area contributed by atoms with Gasteiger partial charge < -0.3 is 4.90 Å². The Hall–Kier alpha value is -1.52. The Labute approximate surface area is 167 Å². The molecule has 1 aliphatic rings. The van der Waals surface area contributed by atoms with Crippen LogP contribution < -0.4 is 4.90 Å². The van der Waals surface area contributed by atoms with Crippen LogP contribution in [-0.2, 0) is 16.4 Å². The van der Waals surface area contributed by atoms with E-state index in [0.717, 1.165) is 25.3 Å². The molecule has 28 heavy (non-hydrogen) atoms. The summed E-state index contributed by atoms with van der Waals surface area (Å²) in [7, 11) is 1.65. The van der Waals surface area contributed by atoms with Crippen molar-refractivity contribution in [3.63, 3.8) is 0 Å². The van der Waals surface area contributed by atoms with E-state index in [2.05, 4.69) is 6.92 Å². The van der Waals surface area contributed by atoms with Gasteiger partial charge in [0, 0.05) is 12.7 Å². The molecule has 158 valence electrons. The quantitative estimate of drug-likeness (QED) is 0.360. The van der Waals surface area contributed by atoms with Crippen molar-refractivity contribution < 1.29 is 18.0 Å². The van der Waals surface area contributed by atoms with Crippen LogP contribution >= 0.6 is 0 Å². The van der Waals surface area contributed by atoms with E-state index < -0.39 is 17.2 Å². The van der Waals surface area contributed by atoms with Crippen LogP contribution in [0.2, 0.25) is 0 Å². The first kappa shape index (κ1) is 22.8. The molecule has 0 saturated heterocycles. The molecular formula is C23H34F3NO. The summed E-state index contributed by atoms with van der Waals surface area (Å²) in [5.74, 6) is -0.0993. The van der Waals surface area contributed by atoms with Crippen LogP contribution in [0.15, 0.2) is 18.2 Å². The van der Waals surface area contributed by atoms with Gasteiger partial charge in [-0.15, -0.1) is 0 Å². The van der Waals surface area contributed by atoms with Gasteiger partial charge >= 0.3 is 6.18 Å². The minimum absolute atomic E-state index is 0.0993. The molecule has 0 bridgehead atoms. The maximum Gasteiger partial charge on any atom is 0.416 e. The minimum Gasteiger partial charge on any atom is -0.314 e. The van der Waals surface area contributed by atoms with Gasteiger partial charge in [-0.25, -0.2) is 0 Å². The van der Waals surface area contributed by atoms with Crippen molar-refractivity contribution >= 4 is 11.6 Å². The predicted octanol–water partition coefficient (Wildman–Crippen LogP) is 7.25. The second-order valence-corrected chi connectivity index (χ2v) is 8.36. The number of rotatable bonds is 11. The third-order valence-corrected chi connectivity index (χ3v) is 6.09. The van der Waals surface area contributed by atoms with Gasteiger partial charge in [-0.3, -0.25) is 4.79 Å². The van der Waals surface area contributed by atoms with Gasteiger partial charge in [0.05, 0.1) is 11.0 Å². The van der Waals surface area contributed by atoms with Crippen molar-refractivity contribution in [2.24, 2.45) is 0 Å². The van der Waals surface area contributed by atoms with E-state index in [9.17, 15) is 18.0 Å². The molecule has 0 aliphatic carbocycles. The fraction of sp³-hybridized carbons (Fsp3) is 0.696. The Morgan fingerprint density at radius 1 is 0.929 bits per heavy atom. The van der Waals surface area contributed by atoms with Crippen molar-refractivity contribution in [3.05, 3.63) is 29.3 Å². The van der Waals surface area contributed by atoms with Gasteiger partial charge in [-0.1, -0.05) is 71.1 Å². The second kappa shape index (κ2) is 9.80. The standard InChI is InChI=1S/C23H34F3NO/c1-4-5-6-7-8-9-10-11-12-13-16-22(2)19-17-18(23(24,25)26)14-15-20(19)27(3)21(22)28/h14-15,17H,4-13,16H2,1-3H3. The molecule has 1 aromatic carbocycles. The van der Waals surface area contributed by atoms with Gasteiger partial charge in [0.25, 0.3) is 0 Å². The summed E-state index contributed by atoms with van der Waals surface area (Å²) in [6.07, 6.45) is 8.17.